The Kier molecular flexibility index (Phi) is 6.46. The van der Waals surface area contributed by atoms with Crippen LogP contribution >= 0.6 is 22.9 Å². The minimum absolute atomic E-state index is 0.201. The maximum Gasteiger partial charge on any atom is 0.313 e. The van der Waals surface area contributed by atoms with E-state index in [2.05, 4.69) is 10.6 Å². The molecule has 144 valence electrons. The summed E-state index contributed by atoms with van der Waals surface area (Å²) < 4.78 is 0. The molecule has 5 nitrogen and oxygen atoms in total. The third-order valence-corrected chi connectivity index (χ3v) is 5.76. The SMILES string of the molecule is Cc1c(Cl)cccc1NC(=O)C(=O)NCc1ccc(C(O)c2ccccc2)s1. The molecule has 2 aromatic carbocycles. The number of amides is 2. The number of anilines is 1. The van der Waals surface area contributed by atoms with Gasteiger partial charge in [0.1, 0.15) is 6.10 Å². The third kappa shape index (κ3) is 4.78. The number of nitrogens with one attached hydrogen (secondary N) is 2. The third-order valence-electron chi connectivity index (χ3n) is 4.21. The molecule has 1 atom stereocenters. The molecule has 0 aliphatic rings. The predicted molar refractivity (Wildman–Crippen MR) is 111 cm³/mol. The van der Waals surface area contributed by atoms with Crippen LogP contribution in [0.3, 0.4) is 0 Å². The summed E-state index contributed by atoms with van der Waals surface area (Å²) in [6.07, 6.45) is -0.718. The Balaban J connectivity index is 1.57. The zero-order valence-electron chi connectivity index (χ0n) is 15.1. The van der Waals surface area contributed by atoms with E-state index in [0.29, 0.717) is 16.3 Å². The standard InChI is InChI=1S/C21H19ClN2O3S/c1-13-16(22)8-5-9-17(13)24-21(27)20(26)23-12-15-10-11-18(28-15)19(25)14-6-3-2-4-7-14/h2-11,19,25H,12H2,1H3,(H,23,26)(H,24,27). The van der Waals surface area contributed by atoms with Gasteiger partial charge in [-0.05, 0) is 42.3 Å². The lowest BCUT2D eigenvalue weighted by Crippen LogP contribution is -2.34. The van der Waals surface area contributed by atoms with Gasteiger partial charge in [-0.1, -0.05) is 48.0 Å². The van der Waals surface area contributed by atoms with Crippen molar-refractivity contribution in [2.45, 2.75) is 19.6 Å². The van der Waals surface area contributed by atoms with Gasteiger partial charge in [-0.3, -0.25) is 9.59 Å². The van der Waals surface area contributed by atoms with Gasteiger partial charge in [-0.2, -0.15) is 0 Å². The van der Waals surface area contributed by atoms with Gasteiger partial charge in [-0.25, -0.2) is 0 Å². The highest BCUT2D eigenvalue weighted by Crippen LogP contribution is 2.28. The molecule has 7 heteroatoms. The second-order valence-electron chi connectivity index (χ2n) is 6.17. The molecule has 0 bridgehead atoms. The molecule has 1 aromatic heterocycles. The zero-order chi connectivity index (χ0) is 20.1. The van der Waals surface area contributed by atoms with E-state index in [4.69, 9.17) is 11.6 Å². The van der Waals surface area contributed by atoms with E-state index < -0.39 is 17.9 Å². The van der Waals surface area contributed by atoms with Crippen molar-refractivity contribution in [1.29, 1.82) is 0 Å². The number of rotatable bonds is 5. The highest BCUT2D eigenvalue weighted by atomic mass is 35.5. The van der Waals surface area contributed by atoms with E-state index >= 15 is 0 Å². The van der Waals surface area contributed by atoms with Gasteiger partial charge in [0.2, 0.25) is 0 Å². The van der Waals surface area contributed by atoms with E-state index in [9.17, 15) is 14.7 Å². The molecule has 0 aliphatic heterocycles. The second kappa shape index (κ2) is 9.01. The quantitative estimate of drug-likeness (QED) is 0.551. The molecule has 28 heavy (non-hydrogen) atoms. The van der Waals surface area contributed by atoms with E-state index in [1.54, 1.807) is 25.1 Å². The minimum atomic E-state index is -0.758. The molecule has 0 spiro atoms. The molecule has 2 amide bonds. The lowest BCUT2D eigenvalue weighted by Gasteiger charge is -2.09. The van der Waals surface area contributed by atoms with Crippen molar-refractivity contribution >= 4 is 40.4 Å². The summed E-state index contributed by atoms with van der Waals surface area (Å²) in [6.45, 7) is 1.97. The van der Waals surface area contributed by atoms with Crippen molar-refractivity contribution in [3.8, 4) is 0 Å². The van der Waals surface area contributed by atoms with Gasteiger partial charge in [0.05, 0.1) is 6.54 Å². The number of aliphatic hydroxyl groups excluding tert-OH is 1. The van der Waals surface area contributed by atoms with Crippen LogP contribution in [0.4, 0.5) is 5.69 Å². The summed E-state index contributed by atoms with van der Waals surface area (Å²) in [5, 5.41) is 16.1. The largest absolute Gasteiger partial charge is 0.383 e. The molecule has 1 unspecified atom stereocenters. The lowest BCUT2D eigenvalue weighted by molar-refractivity contribution is -0.136. The Bertz CT molecular complexity index is 988. The van der Waals surface area contributed by atoms with Gasteiger partial charge < -0.3 is 15.7 Å². The monoisotopic (exact) mass is 414 g/mol. The minimum Gasteiger partial charge on any atom is -0.383 e. The highest BCUT2D eigenvalue weighted by Gasteiger charge is 2.17. The normalized spacial score (nSPS) is 11.7. The van der Waals surface area contributed by atoms with Crippen molar-refractivity contribution in [3.63, 3.8) is 0 Å². The molecule has 0 fully saturated rings. The van der Waals surface area contributed by atoms with Crippen molar-refractivity contribution in [2.24, 2.45) is 0 Å². The van der Waals surface area contributed by atoms with Gasteiger partial charge in [0, 0.05) is 20.5 Å². The summed E-state index contributed by atoms with van der Waals surface area (Å²) in [5.41, 5.74) is 2.00. The average molecular weight is 415 g/mol. The molecular weight excluding hydrogens is 396 g/mol. The van der Waals surface area contributed by atoms with Gasteiger partial charge >= 0.3 is 11.8 Å². The Hall–Kier alpha value is -2.67. The fourth-order valence-electron chi connectivity index (χ4n) is 2.61. The summed E-state index contributed by atoms with van der Waals surface area (Å²) >= 11 is 7.40. The Morgan fingerprint density at radius 2 is 1.79 bits per heavy atom. The number of hydrogen-bond donors (Lipinski definition) is 3. The number of aliphatic hydroxyl groups is 1. The van der Waals surface area contributed by atoms with Gasteiger partial charge in [0.15, 0.2) is 0 Å². The maximum absolute atomic E-state index is 12.1. The number of benzene rings is 2. The number of halogens is 1. The summed E-state index contributed by atoms with van der Waals surface area (Å²) in [4.78, 5) is 25.8. The number of hydrogen-bond acceptors (Lipinski definition) is 4. The van der Waals surface area contributed by atoms with E-state index in [1.165, 1.54) is 11.3 Å². The van der Waals surface area contributed by atoms with Crippen LogP contribution in [0.15, 0.2) is 60.7 Å². The van der Waals surface area contributed by atoms with Crippen LogP contribution in [0, 0.1) is 6.92 Å². The van der Waals surface area contributed by atoms with E-state index in [0.717, 1.165) is 15.3 Å². The van der Waals surface area contributed by atoms with Crippen molar-refractivity contribution in [1.82, 2.24) is 5.32 Å². The van der Waals surface area contributed by atoms with Crippen LogP contribution in [0.5, 0.6) is 0 Å². The van der Waals surface area contributed by atoms with Crippen molar-refractivity contribution < 1.29 is 14.7 Å². The highest BCUT2D eigenvalue weighted by molar-refractivity contribution is 7.12. The van der Waals surface area contributed by atoms with Gasteiger partial charge in [-0.15, -0.1) is 11.3 Å². The molecule has 0 aliphatic carbocycles. The molecule has 3 N–H and O–H groups in total. The fourth-order valence-corrected chi connectivity index (χ4v) is 3.75. The zero-order valence-corrected chi connectivity index (χ0v) is 16.7. The van der Waals surface area contributed by atoms with Crippen molar-refractivity contribution in [2.75, 3.05) is 5.32 Å². The lowest BCUT2D eigenvalue weighted by atomic mass is 10.1. The first-order chi connectivity index (χ1) is 13.5. The van der Waals surface area contributed by atoms with E-state index in [1.807, 2.05) is 42.5 Å². The van der Waals surface area contributed by atoms with Crippen LogP contribution in [0.1, 0.15) is 27.0 Å². The number of carbonyl (C=O) groups excluding carboxylic acids is 2. The molecule has 0 saturated heterocycles. The summed E-state index contributed by atoms with van der Waals surface area (Å²) in [5.74, 6) is -1.50. The average Bonchev–Trinajstić information content (AvgIpc) is 3.18. The Morgan fingerprint density at radius 1 is 1.04 bits per heavy atom. The predicted octanol–water partition coefficient (Wildman–Crippen LogP) is 4.05. The topological polar surface area (TPSA) is 78.4 Å². The van der Waals surface area contributed by atoms with E-state index in [-0.39, 0.29) is 6.54 Å². The molecule has 1 heterocycles. The Labute approximate surface area is 172 Å². The van der Waals surface area contributed by atoms with Crippen LogP contribution in [0.2, 0.25) is 5.02 Å². The van der Waals surface area contributed by atoms with Crippen molar-refractivity contribution in [3.05, 3.63) is 86.6 Å². The first-order valence-corrected chi connectivity index (χ1v) is 9.81. The molecule has 0 radical (unpaired) electrons. The first kappa shape index (κ1) is 20.1. The summed E-state index contributed by atoms with van der Waals surface area (Å²) in [7, 11) is 0. The van der Waals surface area contributed by atoms with Gasteiger partial charge in [0.25, 0.3) is 0 Å². The van der Waals surface area contributed by atoms with Crippen LogP contribution in [0.25, 0.3) is 0 Å². The van der Waals surface area contributed by atoms with Crippen LogP contribution < -0.4 is 10.6 Å². The fraction of sp³-hybridized carbons (Fsp3) is 0.143. The number of carbonyl (C=O) groups is 2. The number of thiophene rings is 1. The molecule has 3 aromatic rings. The molecular formula is C21H19ClN2O3S. The maximum atomic E-state index is 12.1. The Morgan fingerprint density at radius 3 is 2.54 bits per heavy atom. The van der Waals surface area contributed by atoms with Crippen LogP contribution in [-0.4, -0.2) is 16.9 Å². The first-order valence-electron chi connectivity index (χ1n) is 8.61. The summed E-state index contributed by atoms with van der Waals surface area (Å²) in [6, 6.07) is 18.1. The smallest absolute Gasteiger partial charge is 0.313 e. The molecule has 3 rings (SSSR count). The second-order valence-corrected chi connectivity index (χ2v) is 7.77. The molecule has 0 saturated carbocycles. The van der Waals surface area contributed by atoms with Crippen LogP contribution in [-0.2, 0) is 16.1 Å².